The van der Waals surface area contributed by atoms with Crippen molar-refractivity contribution in [1.82, 2.24) is 0 Å². The van der Waals surface area contributed by atoms with Gasteiger partial charge in [-0.2, -0.15) is 0 Å². The topological polar surface area (TPSA) is 83.1 Å². The molecule has 0 saturated heterocycles. The van der Waals surface area contributed by atoms with Gasteiger partial charge in [0.15, 0.2) is 11.5 Å². The van der Waals surface area contributed by atoms with Gasteiger partial charge in [-0.25, -0.2) is 8.42 Å². The quantitative estimate of drug-likeness (QED) is 0.343. The van der Waals surface area contributed by atoms with Crippen molar-refractivity contribution in [3.8, 4) is 34.1 Å². The summed E-state index contributed by atoms with van der Waals surface area (Å²) in [5, 5.41) is 1.73. The molecule has 2 heterocycles. The Morgan fingerprint density at radius 1 is 0.857 bits per heavy atom. The molecule has 1 aliphatic rings. The smallest absolute Gasteiger partial charge is 0.271 e. The summed E-state index contributed by atoms with van der Waals surface area (Å²) >= 11 is 1.16. The van der Waals surface area contributed by atoms with Crippen molar-refractivity contribution in [2.75, 3.05) is 26.1 Å². The number of rotatable bonds is 7. The van der Waals surface area contributed by atoms with Crippen molar-refractivity contribution in [2.24, 2.45) is 0 Å². The average molecular weight is 510 g/mol. The van der Waals surface area contributed by atoms with E-state index in [2.05, 4.69) is 4.72 Å². The number of ether oxygens (including phenoxy) is 4. The Bertz CT molecular complexity index is 1480. The van der Waals surface area contributed by atoms with Gasteiger partial charge in [-0.05, 0) is 53.4 Å². The zero-order valence-corrected chi connectivity index (χ0v) is 20.9. The van der Waals surface area contributed by atoms with Crippen LogP contribution in [-0.2, 0) is 10.0 Å². The molecule has 35 heavy (non-hydrogen) atoms. The van der Waals surface area contributed by atoms with Crippen LogP contribution < -0.4 is 23.7 Å². The number of hydrogen-bond acceptors (Lipinski definition) is 7. The molecule has 9 heteroatoms. The van der Waals surface area contributed by atoms with Gasteiger partial charge in [0, 0.05) is 16.8 Å². The highest BCUT2D eigenvalue weighted by atomic mass is 32.2. The molecule has 7 nitrogen and oxygen atoms in total. The fourth-order valence-corrected chi connectivity index (χ4v) is 6.23. The molecule has 1 aromatic heterocycles. The first-order chi connectivity index (χ1) is 16.9. The third-order valence-electron chi connectivity index (χ3n) is 5.78. The number of hydrogen-bond donors (Lipinski definition) is 1. The van der Waals surface area contributed by atoms with Crippen molar-refractivity contribution < 1.29 is 27.4 Å². The van der Waals surface area contributed by atoms with Gasteiger partial charge in [0.1, 0.15) is 21.8 Å². The molecule has 1 aliphatic heterocycles. The predicted molar refractivity (Wildman–Crippen MR) is 136 cm³/mol. The number of nitrogens with one attached hydrogen (secondary N) is 1. The van der Waals surface area contributed by atoms with Gasteiger partial charge in [-0.1, -0.05) is 24.3 Å². The molecule has 1 unspecified atom stereocenters. The molecule has 0 bridgehead atoms. The summed E-state index contributed by atoms with van der Waals surface area (Å²) in [7, 11) is 1.07. The summed E-state index contributed by atoms with van der Waals surface area (Å²) in [6.45, 7) is 0. The number of fused-ring (bicyclic) bond motifs is 3. The van der Waals surface area contributed by atoms with Crippen LogP contribution in [0.1, 0.15) is 17.2 Å². The van der Waals surface area contributed by atoms with Gasteiger partial charge in [-0.15, -0.1) is 11.3 Å². The summed E-state index contributed by atoms with van der Waals surface area (Å²) in [5.41, 5.74) is 3.76. The van der Waals surface area contributed by atoms with E-state index in [1.165, 1.54) is 0 Å². The second kappa shape index (κ2) is 9.16. The molecule has 4 aromatic rings. The lowest BCUT2D eigenvalue weighted by molar-refractivity contribution is 0.241. The largest absolute Gasteiger partial charge is 0.496 e. The molecular formula is C26H23NO6S2. The van der Waals surface area contributed by atoms with E-state index >= 15 is 0 Å². The lowest BCUT2D eigenvalue weighted by Crippen LogP contribution is -2.17. The minimum absolute atomic E-state index is 0.245. The highest BCUT2D eigenvalue weighted by Crippen LogP contribution is 2.50. The number of methoxy groups -OCH3 is 3. The lowest BCUT2D eigenvalue weighted by atomic mass is 9.88. The second-order valence-electron chi connectivity index (χ2n) is 7.79. The van der Waals surface area contributed by atoms with Crippen LogP contribution in [0.3, 0.4) is 0 Å². The van der Waals surface area contributed by atoms with Crippen molar-refractivity contribution in [3.05, 3.63) is 83.2 Å². The maximum absolute atomic E-state index is 12.9. The van der Waals surface area contributed by atoms with Gasteiger partial charge in [0.2, 0.25) is 0 Å². The van der Waals surface area contributed by atoms with Gasteiger partial charge in [0.05, 0.1) is 26.9 Å². The van der Waals surface area contributed by atoms with Crippen LogP contribution in [0.5, 0.6) is 23.0 Å². The van der Waals surface area contributed by atoms with E-state index in [9.17, 15) is 8.42 Å². The molecular weight excluding hydrogens is 486 g/mol. The monoisotopic (exact) mass is 509 g/mol. The van der Waals surface area contributed by atoms with Crippen molar-refractivity contribution in [3.63, 3.8) is 0 Å². The van der Waals surface area contributed by atoms with Crippen LogP contribution in [-0.4, -0.2) is 29.7 Å². The summed E-state index contributed by atoms with van der Waals surface area (Å²) < 4.78 is 51.6. The molecule has 0 aliphatic carbocycles. The fourth-order valence-electron chi connectivity index (χ4n) is 4.19. The van der Waals surface area contributed by atoms with Gasteiger partial charge in [0.25, 0.3) is 10.0 Å². The molecule has 0 saturated carbocycles. The molecule has 180 valence electrons. The third-order valence-corrected chi connectivity index (χ3v) is 8.56. The predicted octanol–water partition coefficient (Wildman–Crippen LogP) is 5.72. The van der Waals surface area contributed by atoms with Crippen LogP contribution in [0.2, 0.25) is 0 Å². The molecule has 5 rings (SSSR count). The van der Waals surface area contributed by atoms with Crippen molar-refractivity contribution in [1.29, 1.82) is 0 Å². The van der Waals surface area contributed by atoms with Crippen molar-refractivity contribution in [2.45, 2.75) is 10.3 Å². The maximum Gasteiger partial charge on any atom is 0.271 e. The minimum Gasteiger partial charge on any atom is -0.496 e. The first-order valence-electron chi connectivity index (χ1n) is 10.7. The summed E-state index contributed by atoms with van der Waals surface area (Å²) in [6.07, 6.45) is -0.518. The molecule has 0 radical (unpaired) electrons. The van der Waals surface area contributed by atoms with E-state index in [1.807, 2.05) is 42.5 Å². The van der Waals surface area contributed by atoms with Gasteiger partial charge in [-0.3, -0.25) is 4.72 Å². The third kappa shape index (κ3) is 4.17. The summed E-state index contributed by atoms with van der Waals surface area (Å²) in [5.74, 6) is 2.51. The van der Waals surface area contributed by atoms with Crippen LogP contribution in [0.4, 0.5) is 5.69 Å². The number of anilines is 1. The summed E-state index contributed by atoms with van der Waals surface area (Å²) in [6, 6.07) is 19.9. The normalized spacial score (nSPS) is 14.3. The highest BCUT2D eigenvalue weighted by molar-refractivity contribution is 7.94. The number of thiophene rings is 1. The van der Waals surface area contributed by atoms with Crippen LogP contribution in [0.25, 0.3) is 11.1 Å². The van der Waals surface area contributed by atoms with Crippen LogP contribution >= 0.6 is 11.3 Å². The zero-order valence-electron chi connectivity index (χ0n) is 19.3. The second-order valence-corrected chi connectivity index (χ2v) is 10.6. The Morgan fingerprint density at radius 3 is 2.37 bits per heavy atom. The SMILES string of the molecule is COc1ccc(C2Oc3cccc(OC)c3-c3ccc(NS(=O)(=O)c4cccs4)cc32)cc1OC. The lowest BCUT2D eigenvalue weighted by Gasteiger charge is -2.31. The Balaban J connectivity index is 1.65. The summed E-state index contributed by atoms with van der Waals surface area (Å²) in [4.78, 5) is 0. The standard InChI is InChI=1S/C26H23NO6S2/c1-30-20-12-9-16(14-23(20)32-3)26-19-15-17(27-35(28,29)24-8-5-13-34-24)10-11-18(19)25-21(31-2)6-4-7-22(25)33-26/h4-15,26-27H,1-3H3. The first-order valence-corrected chi connectivity index (χ1v) is 13.1. The molecule has 0 spiro atoms. The van der Waals surface area contributed by atoms with Gasteiger partial charge < -0.3 is 18.9 Å². The number of sulfonamides is 1. The molecule has 1 N–H and O–H groups in total. The fraction of sp³-hybridized carbons (Fsp3) is 0.154. The Labute approximate surface area is 207 Å². The van der Waals surface area contributed by atoms with Gasteiger partial charge >= 0.3 is 0 Å². The Morgan fingerprint density at radius 2 is 1.66 bits per heavy atom. The van der Waals surface area contributed by atoms with E-state index < -0.39 is 16.1 Å². The van der Waals surface area contributed by atoms with E-state index in [-0.39, 0.29) is 4.21 Å². The van der Waals surface area contributed by atoms with E-state index in [0.717, 1.165) is 33.6 Å². The minimum atomic E-state index is -3.71. The number of benzene rings is 3. The van der Waals surface area contributed by atoms with Crippen LogP contribution in [0, 0.1) is 0 Å². The molecule has 1 atom stereocenters. The molecule has 0 amide bonds. The van der Waals surface area contributed by atoms with E-state index in [4.69, 9.17) is 18.9 Å². The Kier molecular flexibility index (Phi) is 6.04. The van der Waals surface area contributed by atoms with E-state index in [0.29, 0.717) is 28.7 Å². The highest BCUT2D eigenvalue weighted by Gasteiger charge is 2.31. The molecule has 0 fully saturated rings. The Hall–Kier alpha value is -3.69. The molecule has 3 aromatic carbocycles. The van der Waals surface area contributed by atoms with E-state index in [1.54, 1.807) is 51.0 Å². The van der Waals surface area contributed by atoms with Crippen LogP contribution in [0.15, 0.2) is 76.3 Å². The first kappa shape index (κ1) is 23.1. The van der Waals surface area contributed by atoms with Crippen molar-refractivity contribution >= 4 is 27.0 Å². The maximum atomic E-state index is 12.9. The average Bonchev–Trinajstić information content (AvgIpc) is 3.43. The zero-order chi connectivity index (χ0) is 24.6.